The summed E-state index contributed by atoms with van der Waals surface area (Å²) < 4.78 is 14.1. The number of nitrogens with zero attached hydrogens (tertiary/aromatic N) is 1. The zero-order valence-corrected chi connectivity index (χ0v) is 17.2. The fourth-order valence-corrected chi connectivity index (χ4v) is 4.42. The van der Waals surface area contributed by atoms with E-state index >= 15 is 0 Å². The topological polar surface area (TPSA) is 12.4 Å². The summed E-state index contributed by atoms with van der Waals surface area (Å²) in [6.07, 6.45) is 0. The lowest BCUT2D eigenvalue weighted by Crippen LogP contribution is -1.97. The molecule has 5 heteroatoms. The SMILES string of the molecule is Cc1ccc(N=C(C(I)=CSc2ccc(F)cc2)c2cccs2)cc1. The van der Waals surface area contributed by atoms with Crippen molar-refractivity contribution in [1.82, 2.24) is 0 Å². The second kappa shape index (κ2) is 8.78. The van der Waals surface area contributed by atoms with Gasteiger partial charge in [-0.1, -0.05) is 35.5 Å². The number of aryl methyl sites for hydroxylation is 1. The molecule has 1 aromatic heterocycles. The van der Waals surface area contributed by atoms with E-state index in [1.54, 1.807) is 35.2 Å². The Morgan fingerprint density at radius 2 is 1.80 bits per heavy atom. The lowest BCUT2D eigenvalue weighted by atomic mass is 10.2. The van der Waals surface area contributed by atoms with Crippen LogP contribution in [0.3, 0.4) is 0 Å². The summed E-state index contributed by atoms with van der Waals surface area (Å²) in [7, 11) is 0. The number of allylic oxidation sites excluding steroid dienone is 1. The van der Waals surface area contributed by atoms with Gasteiger partial charge in [-0.2, -0.15) is 0 Å². The minimum atomic E-state index is -0.219. The first-order valence-corrected chi connectivity index (χ1v) is 10.4. The highest BCUT2D eigenvalue weighted by Gasteiger charge is 2.09. The second-order valence-electron chi connectivity index (χ2n) is 5.31. The van der Waals surface area contributed by atoms with Crippen LogP contribution in [0.15, 0.2) is 84.9 Å². The summed E-state index contributed by atoms with van der Waals surface area (Å²) in [4.78, 5) is 6.97. The van der Waals surface area contributed by atoms with Gasteiger partial charge in [-0.3, -0.25) is 0 Å². The zero-order valence-electron chi connectivity index (χ0n) is 13.4. The summed E-state index contributed by atoms with van der Waals surface area (Å²) in [6.45, 7) is 2.07. The van der Waals surface area contributed by atoms with Gasteiger partial charge in [0.25, 0.3) is 0 Å². The van der Waals surface area contributed by atoms with Crippen molar-refractivity contribution in [2.45, 2.75) is 11.8 Å². The molecule has 3 rings (SSSR count). The molecule has 126 valence electrons. The van der Waals surface area contributed by atoms with E-state index in [0.717, 1.165) is 24.8 Å². The second-order valence-corrected chi connectivity index (χ2v) is 8.36. The fourth-order valence-electron chi connectivity index (χ4n) is 2.08. The van der Waals surface area contributed by atoms with Crippen molar-refractivity contribution >= 4 is 57.1 Å². The zero-order chi connectivity index (χ0) is 17.6. The first-order valence-electron chi connectivity index (χ1n) is 7.59. The lowest BCUT2D eigenvalue weighted by molar-refractivity contribution is 0.626. The highest BCUT2D eigenvalue weighted by Crippen LogP contribution is 2.29. The number of hydrogen-bond acceptors (Lipinski definition) is 3. The highest BCUT2D eigenvalue weighted by molar-refractivity contribution is 14.1. The molecule has 0 saturated heterocycles. The molecule has 0 atom stereocenters. The average Bonchev–Trinajstić information content (AvgIpc) is 3.15. The molecule has 0 aliphatic heterocycles. The van der Waals surface area contributed by atoms with Crippen molar-refractivity contribution in [2.75, 3.05) is 0 Å². The predicted molar refractivity (Wildman–Crippen MR) is 116 cm³/mol. The Hall–Kier alpha value is -1.44. The molecule has 0 spiro atoms. The first-order chi connectivity index (χ1) is 12.1. The van der Waals surface area contributed by atoms with Crippen LogP contribution < -0.4 is 0 Å². The van der Waals surface area contributed by atoms with E-state index in [2.05, 4.69) is 58.5 Å². The van der Waals surface area contributed by atoms with E-state index in [9.17, 15) is 4.39 Å². The normalized spacial score (nSPS) is 12.4. The average molecular weight is 479 g/mol. The number of aliphatic imine (C=N–C) groups is 1. The maximum absolute atomic E-state index is 13.0. The van der Waals surface area contributed by atoms with Crippen molar-refractivity contribution in [1.29, 1.82) is 0 Å². The lowest BCUT2D eigenvalue weighted by Gasteiger charge is -2.05. The molecule has 1 heterocycles. The number of benzene rings is 2. The summed E-state index contributed by atoms with van der Waals surface area (Å²) >= 11 is 5.55. The largest absolute Gasteiger partial charge is 0.246 e. The third-order valence-electron chi connectivity index (χ3n) is 3.37. The molecule has 0 saturated carbocycles. The molecule has 0 aliphatic carbocycles. The molecule has 25 heavy (non-hydrogen) atoms. The summed E-state index contributed by atoms with van der Waals surface area (Å²) in [5, 5.41) is 4.11. The van der Waals surface area contributed by atoms with Crippen LogP contribution in [-0.2, 0) is 0 Å². The van der Waals surface area contributed by atoms with E-state index < -0.39 is 0 Å². The van der Waals surface area contributed by atoms with Crippen molar-refractivity contribution < 1.29 is 4.39 Å². The Bertz CT molecular complexity index is 882. The minimum Gasteiger partial charge on any atom is -0.246 e. The van der Waals surface area contributed by atoms with Crippen LogP contribution in [-0.4, -0.2) is 5.71 Å². The summed E-state index contributed by atoms with van der Waals surface area (Å²) in [5.41, 5.74) is 3.10. The molecule has 3 aromatic rings. The molecule has 1 nitrogen and oxygen atoms in total. The standard InChI is InChI=1S/C20H15FINS2/c1-14-4-8-16(9-5-14)23-20(19-3-2-12-24-19)18(22)13-25-17-10-6-15(21)7-11-17/h2-13H,1H3. The van der Waals surface area contributed by atoms with Gasteiger partial charge in [0.2, 0.25) is 0 Å². The van der Waals surface area contributed by atoms with Crippen LogP contribution in [0.5, 0.6) is 0 Å². The monoisotopic (exact) mass is 479 g/mol. The Morgan fingerprint density at radius 1 is 1.08 bits per heavy atom. The fraction of sp³-hybridized carbons (Fsp3) is 0.0500. The van der Waals surface area contributed by atoms with E-state index in [4.69, 9.17) is 4.99 Å². The number of halogens is 2. The molecular formula is C20H15FINS2. The van der Waals surface area contributed by atoms with Crippen LogP contribution in [0.25, 0.3) is 0 Å². The number of thioether (sulfide) groups is 1. The van der Waals surface area contributed by atoms with Crippen LogP contribution in [0.4, 0.5) is 10.1 Å². The maximum Gasteiger partial charge on any atom is 0.123 e. The minimum absolute atomic E-state index is 0.219. The Kier molecular flexibility index (Phi) is 6.45. The molecule has 2 aromatic carbocycles. The van der Waals surface area contributed by atoms with Gasteiger partial charge in [0.15, 0.2) is 0 Å². The Balaban J connectivity index is 1.89. The summed E-state index contributed by atoms with van der Waals surface area (Å²) in [5.74, 6) is -0.219. The van der Waals surface area contributed by atoms with Crippen molar-refractivity contribution in [3.05, 3.63) is 91.3 Å². The third kappa shape index (κ3) is 5.26. The van der Waals surface area contributed by atoms with Gasteiger partial charge in [0.1, 0.15) is 5.82 Å². The highest BCUT2D eigenvalue weighted by atomic mass is 127. The van der Waals surface area contributed by atoms with E-state index in [1.807, 2.05) is 18.2 Å². The molecular weight excluding hydrogens is 464 g/mol. The van der Waals surface area contributed by atoms with Gasteiger partial charge in [0.05, 0.1) is 16.3 Å². The molecule has 0 unspecified atom stereocenters. The molecule has 0 bridgehead atoms. The van der Waals surface area contributed by atoms with Crippen LogP contribution >= 0.6 is 45.7 Å². The Morgan fingerprint density at radius 3 is 2.44 bits per heavy atom. The van der Waals surface area contributed by atoms with Gasteiger partial charge in [0, 0.05) is 8.48 Å². The molecule has 0 fully saturated rings. The van der Waals surface area contributed by atoms with Crippen LogP contribution in [0.1, 0.15) is 10.4 Å². The van der Waals surface area contributed by atoms with E-state index in [0.29, 0.717) is 0 Å². The molecule has 0 radical (unpaired) electrons. The van der Waals surface area contributed by atoms with Gasteiger partial charge in [-0.05, 0) is 82.8 Å². The van der Waals surface area contributed by atoms with E-state index in [-0.39, 0.29) is 5.82 Å². The van der Waals surface area contributed by atoms with Gasteiger partial charge < -0.3 is 0 Å². The quantitative estimate of drug-likeness (QED) is 0.211. The number of rotatable bonds is 5. The predicted octanol–water partition coefficient (Wildman–Crippen LogP) is 7.39. The van der Waals surface area contributed by atoms with Gasteiger partial charge in [-0.25, -0.2) is 9.38 Å². The molecule has 0 aliphatic rings. The number of thiophene rings is 1. The third-order valence-corrected chi connectivity index (χ3v) is 6.39. The van der Waals surface area contributed by atoms with Crippen LogP contribution in [0.2, 0.25) is 0 Å². The van der Waals surface area contributed by atoms with Gasteiger partial charge >= 0.3 is 0 Å². The van der Waals surface area contributed by atoms with Crippen molar-refractivity contribution in [3.63, 3.8) is 0 Å². The van der Waals surface area contributed by atoms with Crippen molar-refractivity contribution in [2.24, 2.45) is 4.99 Å². The smallest absolute Gasteiger partial charge is 0.123 e. The van der Waals surface area contributed by atoms with E-state index in [1.165, 1.54) is 17.7 Å². The maximum atomic E-state index is 13.0. The van der Waals surface area contributed by atoms with Crippen LogP contribution in [0, 0.1) is 12.7 Å². The van der Waals surface area contributed by atoms with Gasteiger partial charge in [-0.15, -0.1) is 11.3 Å². The van der Waals surface area contributed by atoms with Crippen molar-refractivity contribution in [3.8, 4) is 0 Å². The number of hydrogen-bond donors (Lipinski definition) is 0. The first kappa shape index (κ1) is 18.4. The summed E-state index contributed by atoms with van der Waals surface area (Å²) in [6, 6.07) is 18.8. The molecule has 0 N–H and O–H groups in total. The Labute approximate surface area is 168 Å². The molecule has 0 amide bonds.